The number of nitrogens with zero attached hydrogens (tertiary/aromatic N) is 8. The molecule has 0 unspecified atom stereocenters. The summed E-state index contributed by atoms with van der Waals surface area (Å²) >= 11 is 12.5. The highest BCUT2D eigenvalue weighted by Crippen LogP contribution is 2.27. The average Bonchev–Trinajstić information content (AvgIpc) is 3.54. The summed E-state index contributed by atoms with van der Waals surface area (Å²) in [6.45, 7) is 1.79. The first-order valence-electron chi connectivity index (χ1n) is 11.1. The van der Waals surface area contributed by atoms with Crippen molar-refractivity contribution in [3.63, 3.8) is 0 Å². The lowest BCUT2D eigenvalue weighted by Gasteiger charge is -2.13. The number of pyridine rings is 2. The van der Waals surface area contributed by atoms with Crippen LogP contribution in [0.15, 0.2) is 61.1 Å². The van der Waals surface area contributed by atoms with Gasteiger partial charge in [0.2, 0.25) is 5.82 Å². The molecule has 14 heteroatoms. The number of hydrogen-bond acceptors (Lipinski definition) is 8. The van der Waals surface area contributed by atoms with Crippen LogP contribution in [0.1, 0.15) is 32.1 Å². The molecule has 5 aromatic rings. The fourth-order valence-electron chi connectivity index (χ4n) is 3.71. The largest absolute Gasteiger partial charge is 0.366 e. The van der Waals surface area contributed by atoms with Crippen molar-refractivity contribution in [3.05, 3.63) is 93.6 Å². The first-order chi connectivity index (χ1) is 18.3. The van der Waals surface area contributed by atoms with E-state index in [-0.39, 0.29) is 34.3 Å². The molecule has 0 bridgehead atoms. The first kappa shape index (κ1) is 25.0. The van der Waals surface area contributed by atoms with Crippen LogP contribution in [-0.2, 0) is 6.54 Å². The van der Waals surface area contributed by atoms with Crippen molar-refractivity contribution < 1.29 is 9.59 Å². The van der Waals surface area contributed by atoms with Gasteiger partial charge in [-0.1, -0.05) is 23.2 Å². The minimum atomic E-state index is -0.741. The molecule has 38 heavy (non-hydrogen) atoms. The number of halogens is 2. The maximum Gasteiger partial charge on any atom is 0.274 e. The molecule has 0 saturated carbocycles. The maximum atomic E-state index is 13.5. The molecule has 4 heterocycles. The number of carbonyl (C=O) groups is 2. The van der Waals surface area contributed by atoms with Crippen molar-refractivity contribution in [1.82, 2.24) is 40.0 Å². The summed E-state index contributed by atoms with van der Waals surface area (Å²) in [6, 6.07) is 11.4. The summed E-state index contributed by atoms with van der Waals surface area (Å²) in [5.74, 6) is -0.702. The van der Waals surface area contributed by atoms with Crippen molar-refractivity contribution in [2.45, 2.75) is 13.5 Å². The Labute approximate surface area is 225 Å². The standard InChI is InChI=1S/C24H18Cl2N10O2/c1-13-8-15(25)9-17(21(27)37)20(13)30-24(38)19-10-16(32-36(19)23-18(26)5-3-7-29-23)12-35-33-22(31-34-35)14-4-2-6-28-11-14/h2-11H,12H2,1H3,(H2,27,37)(H,30,38). The monoisotopic (exact) mass is 548 g/mol. The third kappa shape index (κ3) is 5.08. The van der Waals surface area contributed by atoms with Crippen molar-refractivity contribution in [2.24, 2.45) is 5.73 Å². The van der Waals surface area contributed by atoms with Crippen LogP contribution in [0.5, 0.6) is 0 Å². The molecule has 0 aliphatic rings. The second-order valence-electron chi connectivity index (χ2n) is 8.09. The Morgan fingerprint density at radius 1 is 1.08 bits per heavy atom. The molecule has 0 atom stereocenters. The van der Waals surface area contributed by atoms with Gasteiger partial charge in [0.25, 0.3) is 11.8 Å². The van der Waals surface area contributed by atoms with Crippen LogP contribution in [0, 0.1) is 6.92 Å². The lowest BCUT2D eigenvalue weighted by Crippen LogP contribution is -2.21. The fraction of sp³-hybridized carbons (Fsp3) is 0.0833. The van der Waals surface area contributed by atoms with E-state index >= 15 is 0 Å². The Balaban J connectivity index is 1.51. The first-order valence-corrected chi connectivity index (χ1v) is 11.8. The normalized spacial score (nSPS) is 10.9. The predicted molar refractivity (Wildman–Crippen MR) is 139 cm³/mol. The van der Waals surface area contributed by atoms with Crippen LogP contribution in [0.4, 0.5) is 5.69 Å². The molecule has 0 saturated heterocycles. The third-order valence-electron chi connectivity index (χ3n) is 5.41. The van der Waals surface area contributed by atoms with Crippen LogP contribution >= 0.6 is 23.2 Å². The van der Waals surface area contributed by atoms with Gasteiger partial charge in [-0.3, -0.25) is 14.6 Å². The Kier molecular flexibility index (Phi) is 6.81. The summed E-state index contributed by atoms with van der Waals surface area (Å²) in [5.41, 5.74) is 7.60. The molecule has 0 aliphatic carbocycles. The molecule has 190 valence electrons. The number of hydrogen-bond donors (Lipinski definition) is 2. The minimum Gasteiger partial charge on any atom is -0.366 e. The van der Waals surface area contributed by atoms with E-state index in [0.29, 0.717) is 27.7 Å². The molecule has 3 N–H and O–H groups in total. The van der Waals surface area contributed by atoms with E-state index in [1.165, 1.54) is 21.7 Å². The molecule has 0 fully saturated rings. The zero-order valence-corrected chi connectivity index (χ0v) is 21.2. The average molecular weight is 549 g/mol. The van der Waals surface area contributed by atoms with Gasteiger partial charge in [0.05, 0.1) is 22.0 Å². The van der Waals surface area contributed by atoms with E-state index in [2.05, 4.69) is 35.8 Å². The summed E-state index contributed by atoms with van der Waals surface area (Å²) < 4.78 is 1.31. The van der Waals surface area contributed by atoms with E-state index in [1.807, 2.05) is 6.07 Å². The molecule has 5 rings (SSSR count). The predicted octanol–water partition coefficient (Wildman–Crippen LogP) is 3.33. The second kappa shape index (κ2) is 10.4. The number of aryl methyl sites for hydroxylation is 1. The summed E-state index contributed by atoms with van der Waals surface area (Å²) in [6.07, 6.45) is 4.80. The van der Waals surface area contributed by atoms with Gasteiger partial charge in [0.1, 0.15) is 12.2 Å². The zero-order valence-electron chi connectivity index (χ0n) is 19.7. The third-order valence-corrected chi connectivity index (χ3v) is 5.93. The Morgan fingerprint density at radius 3 is 2.63 bits per heavy atom. The number of anilines is 1. The number of nitrogens with one attached hydrogen (secondary N) is 1. The molecule has 0 spiro atoms. The molecule has 4 aromatic heterocycles. The number of amides is 2. The quantitative estimate of drug-likeness (QED) is 0.313. The number of benzene rings is 1. The second-order valence-corrected chi connectivity index (χ2v) is 8.93. The molecular formula is C24H18Cl2N10O2. The van der Waals surface area contributed by atoms with Crippen molar-refractivity contribution >= 4 is 40.7 Å². The lowest BCUT2D eigenvalue weighted by molar-refractivity contribution is 0.100. The maximum absolute atomic E-state index is 13.5. The van der Waals surface area contributed by atoms with Crippen LogP contribution in [0.2, 0.25) is 10.0 Å². The van der Waals surface area contributed by atoms with Gasteiger partial charge in [-0.2, -0.15) is 9.90 Å². The van der Waals surface area contributed by atoms with Gasteiger partial charge >= 0.3 is 0 Å². The zero-order chi connectivity index (χ0) is 26.8. The summed E-state index contributed by atoms with van der Waals surface area (Å²) in [5, 5.41) is 20.4. The Morgan fingerprint density at radius 2 is 1.89 bits per heavy atom. The molecule has 0 radical (unpaired) electrons. The fourth-order valence-corrected chi connectivity index (χ4v) is 4.18. The summed E-state index contributed by atoms with van der Waals surface area (Å²) in [4.78, 5) is 35.2. The minimum absolute atomic E-state index is 0.0697. The molecule has 0 aliphatic heterocycles. The number of primary amides is 1. The van der Waals surface area contributed by atoms with Crippen molar-refractivity contribution in [2.75, 3.05) is 5.32 Å². The molecule has 12 nitrogen and oxygen atoms in total. The summed E-state index contributed by atoms with van der Waals surface area (Å²) in [7, 11) is 0. The van der Waals surface area contributed by atoms with E-state index in [4.69, 9.17) is 28.9 Å². The van der Waals surface area contributed by atoms with Crippen molar-refractivity contribution in [1.29, 1.82) is 0 Å². The van der Waals surface area contributed by atoms with Gasteiger partial charge in [0.15, 0.2) is 5.82 Å². The number of nitrogens with two attached hydrogens (primary N) is 1. The van der Waals surface area contributed by atoms with Gasteiger partial charge in [0, 0.05) is 29.2 Å². The number of tetrazole rings is 1. The highest BCUT2D eigenvalue weighted by atomic mass is 35.5. The lowest BCUT2D eigenvalue weighted by atomic mass is 10.1. The van der Waals surface area contributed by atoms with Gasteiger partial charge in [-0.05, 0) is 60.2 Å². The van der Waals surface area contributed by atoms with E-state index in [0.717, 1.165) is 0 Å². The number of rotatable bonds is 7. The number of aromatic nitrogens is 8. The van der Waals surface area contributed by atoms with Gasteiger partial charge < -0.3 is 11.1 Å². The van der Waals surface area contributed by atoms with Crippen LogP contribution in [0.3, 0.4) is 0 Å². The van der Waals surface area contributed by atoms with Gasteiger partial charge in [-0.25, -0.2) is 9.67 Å². The van der Waals surface area contributed by atoms with E-state index < -0.39 is 11.8 Å². The van der Waals surface area contributed by atoms with E-state index in [1.54, 1.807) is 49.6 Å². The highest BCUT2D eigenvalue weighted by molar-refractivity contribution is 6.32. The molecular weight excluding hydrogens is 531 g/mol. The van der Waals surface area contributed by atoms with Crippen LogP contribution < -0.4 is 11.1 Å². The highest BCUT2D eigenvalue weighted by Gasteiger charge is 2.23. The van der Waals surface area contributed by atoms with E-state index in [9.17, 15) is 9.59 Å². The van der Waals surface area contributed by atoms with Crippen LogP contribution in [-0.4, -0.2) is 51.8 Å². The molecule has 1 aromatic carbocycles. The Bertz CT molecular complexity index is 1670. The molecule has 2 amide bonds. The SMILES string of the molecule is Cc1cc(Cl)cc(C(N)=O)c1NC(=O)c1cc(Cn2nnc(-c3cccnc3)n2)nn1-c1ncccc1Cl. The van der Waals surface area contributed by atoms with Gasteiger partial charge in [-0.15, -0.1) is 10.2 Å². The Hall–Kier alpha value is -4.68. The smallest absolute Gasteiger partial charge is 0.274 e. The topological polar surface area (TPSA) is 159 Å². The number of carbonyl (C=O) groups excluding carboxylic acids is 2. The van der Waals surface area contributed by atoms with Crippen LogP contribution in [0.25, 0.3) is 17.2 Å². The van der Waals surface area contributed by atoms with Crippen molar-refractivity contribution in [3.8, 4) is 17.2 Å².